The average Bonchev–Trinajstić information content (AvgIpc) is 3.00. The summed E-state index contributed by atoms with van der Waals surface area (Å²) in [5, 5.41) is 2.97. The number of aryl methyl sites for hydroxylation is 1. The summed E-state index contributed by atoms with van der Waals surface area (Å²) >= 11 is 0. The first-order valence-corrected chi connectivity index (χ1v) is 7.47. The Morgan fingerprint density at radius 2 is 2.00 bits per heavy atom. The van der Waals surface area contributed by atoms with Gasteiger partial charge in [0.05, 0.1) is 13.2 Å². The Balaban J connectivity index is 1.77. The van der Waals surface area contributed by atoms with E-state index >= 15 is 0 Å². The van der Waals surface area contributed by atoms with Gasteiger partial charge < -0.3 is 14.5 Å². The van der Waals surface area contributed by atoms with Gasteiger partial charge in [0.1, 0.15) is 17.1 Å². The molecule has 0 saturated heterocycles. The van der Waals surface area contributed by atoms with Crippen molar-refractivity contribution in [1.29, 1.82) is 0 Å². The molecule has 0 saturated carbocycles. The molecule has 0 radical (unpaired) electrons. The van der Waals surface area contributed by atoms with Crippen molar-refractivity contribution in [3.63, 3.8) is 0 Å². The lowest BCUT2D eigenvalue weighted by molar-refractivity contribution is 0.0935. The summed E-state index contributed by atoms with van der Waals surface area (Å²) in [6.45, 7) is 3.92. The molecule has 23 heavy (non-hydrogen) atoms. The van der Waals surface area contributed by atoms with Crippen LogP contribution in [0.2, 0.25) is 0 Å². The number of pyridine rings is 1. The molecule has 1 atom stereocenters. The summed E-state index contributed by atoms with van der Waals surface area (Å²) in [7, 11) is 1.63. The molecular weight excluding hydrogens is 290 g/mol. The Morgan fingerprint density at radius 3 is 2.65 bits per heavy atom. The quantitative estimate of drug-likeness (QED) is 0.805. The molecule has 0 bridgehead atoms. The zero-order valence-electron chi connectivity index (χ0n) is 13.4. The first-order chi connectivity index (χ1) is 11.1. The number of amides is 1. The molecule has 2 aromatic heterocycles. The van der Waals surface area contributed by atoms with Crippen molar-refractivity contribution in [3.8, 4) is 5.75 Å². The summed E-state index contributed by atoms with van der Waals surface area (Å²) < 4.78 is 7.01. The minimum Gasteiger partial charge on any atom is -0.497 e. The molecule has 0 unspecified atom stereocenters. The van der Waals surface area contributed by atoms with Crippen LogP contribution >= 0.6 is 0 Å². The molecule has 0 aliphatic carbocycles. The number of nitrogens with one attached hydrogen (secondary N) is 1. The summed E-state index contributed by atoms with van der Waals surface area (Å²) in [4.78, 5) is 16.8. The second kappa shape index (κ2) is 6.12. The molecule has 5 heteroatoms. The smallest absolute Gasteiger partial charge is 0.271 e. The number of carbonyl (C=O) groups is 1. The number of hydrogen-bond donors (Lipinski definition) is 1. The van der Waals surface area contributed by atoms with Crippen LogP contribution in [0.25, 0.3) is 5.65 Å². The molecule has 118 valence electrons. The molecule has 1 N–H and O–H groups in total. The summed E-state index contributed by atoms with van der Waals surface area (Å²) in [5.74, 6) is 0.611. The number of methoxy groups -OCH3 is 1. The van der Waals surface area contributed by atoms with Crippen LogP contribution in [0.1, 0.15) is 34.6 Å². The highest BCUT2D eigenvalue weighted by Gasteiger charge is 2.15. The molecule has 0 fully saturated rings. The number of aromatic nitrogens is 2. The van der Waals surface area contributed by atoms with E-state index in [1.54, 1.807) is 13.3 Å². The highest BCUT2D eigenvalue weighted by molar-refractivity contribution is 5.93. The van der Waals surface area contributed by atoms with Gasteiger partial charge in [-0.1, -0.05) is 18.2 Å². The Morgan fingerprint density at radius 1 is 1.26 bits per heavy atom. The van der Waals surface area contributed by atoms with E-state index in [-0.39, 0.29) is 11.9 Å². The number of fused-ring (bicyclic) bond motifs is 1. The van der Waals surface area contributed by atoms with Gasteiger partial charge >= 0.3 is 0 Å². The van der Waals surface area contributed by atoms with E-state index in [9.17, 15) is 4.79 Å². The third-order valence-corrected chi connectivity index (χ3v) is 3.87. The van der Waals surface area contributed by atoms with Gasteiger partial charge in [0.2, 0.25) is 0 Å². The van der Waals surface area contributed by atoms with E-state index in [0.29, 0.717) is 5.69 Å². The molecule has 5 nitrogen and oxygen atoms in total. The number of nitrogens with zero attached hydrogens (tertiary/aromatic N) is 2. The number of ether oxygens (including phenoxy) is 1. The van der Waals surface area contributed by atoms with E-state index < -0.39 is 0 Å². The summed E-state index contributed by atoms with van der Waals surface area (Å²) in [5.41, 5.74) is 3.27. The SMILES string of the molecule is COc1ccc([C@@H](C)NC(=O)c2cn3cccc(C)c3n2)cc1. The normalized spacial score (nSPS) is 12.1. The first-order valence-electron chi connectivity index (χ1n) is 7.47. The minimum absolute atomic E-state index is 0.112. The maximum Gasteiger partial charge on any atom is 0.271 e. The molecule has 0 aliphatic heterocycles. The predicted molar refractivity (Wildman–Crippen MR) is 88.8 cm³/mol. The topological polar surface area (TPSA) is 55.6 Å². The van der Waals surface area contributed by atoms with Gasteiger partial charge in [-0.3, -0.25) is 4.79 Å². The second-order valence-corrected chi connectivity index (χ2v) is 5.52. The van der Waals surface area contributed by atoms with E-state index in [0.717, 1.165) is 22.5 Å². The zero-order valence-corrected chi connectivity index (χ0v) is 13.4. The fraction of sp³-hybridized carbons (Fsp3) is 0.222. The van der Waals surface area contributed by atoms with Crippen LogP contribution in [0.15, 0.2) is 48.8 Å². The van der Waals surface area contributed by atoms with Crippen molar-refractivity contribution >= 4 is 11.6 Å². The third kappa shape index (κ3) is 3.04. The molecular formula is C18H19N3O2. The van der Waals surface area contributed by atoms with Crippen LogP contribution < -0.4 is 10.1 Å². The van der Waals surface area contributed by atoms with Gasteiger partial charge in [0.25, 0.3) is 5.91 Å². The highest BCUT2D eigenvalue weighted by atomic mass is 16.5. The number of rotatable bonds is 4. The third-order valence-electron chi connectivity index (χ3n) is 3.87. The number of benzene rings is 1. The molecule has 1 amide bonds. The van der Waals surface area contributed by atoms with E-state index in [1.165, 1.54) is 0 Å². The lowest BCUT2D eigenvalue weighted by Crippen LogP contribution is -2.26. The Labute approximate surface area is 134 Å². The molecule has 0 spiro atoms. The van der Waals surface area contributed by atoms with E-state index in [1.807, 2.05) is 60.8 Å². The Kier molecular flexibility index (Phi) is 4.02. The maximum absolute atomic E-state index is 12.4. The fourth-order valence-corrected chi connectivity index (χ4v) is 2.51. The Bertz CT molecular complexity index is 837. The van der Waals surface area contributed by atoms with Gasteiger partial charge in [-0.25, -0.2) is 4.98 Å². The molecule has 3 aromatic rings. The summed E-state index contributed by atoms with van der Waals surface area (Å²) in [6, 6.07) is 11.4. The highest BCUT2D eigenvalue weighted by Crippen LogP contribution is 2.18. The standard InChI is InChI=1S/C18H19N3O2/c1-12-5-4-10-21-11-16(20-17(12)21)18(22)19-13(2)14-6-8-15(23-3)9-7-14/h4-11,13H,1-3H3,(H,19,22)/t13-/m1/s1. The number of hydrogen-bond acceptors (Lipinski definition) is 3. The monoisotopic (exact) mass is 309 g/mol. The van der Waals surface area contributed by atoms with Crippen molar-refractivity contribution in [1.82, 2.24) is 14.7 Å². The fourth-order valence-electron chi connectivity index (χ4n) is 2.51. The zero-order chi connectivity index (χ0) is 16.4. The van der Waals surface area contributed by atoms with Crippen molar-refractivity contribution in [3.05, 3.63) is 65.6 Å². The largest absolute Gasteiger partial charge is 0.497 e. The number of imidazole rings is 1. The number of carbonyl (C=O) groups excluding carboxylic acids is 1. The average molecular weight is 309 g/mol. The summed E-state index contributed by atoms with van der Waals surface area (Å²) in [6.07, 6.45) is 3.64. The predicted octanol–water partition coefficient (Wildman–Crippen LogP) is 3.14. The van der Waals surface area contributed by atoms with Gasteiger partial charge in [-0.05, 0) is 43.2 Å². The van der Waals surface area contributed by atoms with E-state index in [2.05, 4.69) is 10.3 Å². The van der Waals surface area contributed by atoms with Crippen molar-refractivity contribution in [2.24, 2.45) is 0 Å². The van der Waals surface area contributed by atoms with Crippen molar-refractivity contribution < 1.29 is 9.53 Å². The van der Waals surface area contributed by atoms with Crippen LogP contribution in [0.3, 0.4) is 0 Å². The molecule has 1 aromatic carbocycles. The maximum atomic E-state index is 12.4. The van der Waals surface area contributed by atoms with E-state index in [4.69, 9.17) is 4.74 Å². The van der Waals surface area contributed by atoms with Crippen LogP contribution in [-0.2, 0) is 0 Å². The van der Waals surface area contributed by atoms with Gasteiger partial charge in [-0.15, -0.1) is 0 Å². The van der Waals surface area contributed by atoms with Crippen LogP contribution in [0.4, 0.5) is 0 Å². The lowest BCUT2D eigenvalue weighted by Gasteiger charge is -2.13. The first kappa shape index (κ1) is 15.1. The van der Waals surface area contributed by atoms with Crippen LogP contribution in [-0.4, -0.2) is 22.4 Å². The molecule has 0 aliphatic rings. The van der Waals surface area contributed by atoms with Gasteiger partial charge in [0.15, 0.2) is 0 Å². The van der Waals surface area contributed by atoms with Crippen LogP contribution in [0.5, 0.6) is 5.75 Å². The van der Waals surface area contributed by atoms with Crippen molar-refractivity contribution in [2.45, 2.75) is 19.9 Å². The van der Waals surface area contributed by atoms with Gasteiger partial charge in [-0.2, -0.15) is 0 Å². The van der Waals surface area contributed by atoms with Crippen LogP contribution in [0, 0.1) is 6.92 Å². The molecule has 3 rings (SSSR count). The van der Waals surface area contributed by atoms with Gasteiger partial charge in [0, 0.05) is 12.4 Å². The lowest BCUT2D eigenvalue weighted by atomic mass is 10.1. The van der Waals surface area contributed by atoms with Crippen molar-refractivity contribution in [2.75, 3.05) is 7.11 Å². The Hall–Kier alpha value is -2.82. The minimum atomic E-state index is -0.184. The molecule has 2 heterocycles. The second-order valence-electron chi connectivity index (χ2n) is 5.52.